The first-order valence-corrected chi connectivity index (χ1v) is 6.85. The molecule has 0 aliphatic heterocycles. The Labute approximate surface area is 123 Å². The Hall–Kier alpha value is -1.81. The molecule has 2 nitrogen and oxygen atoms in total. The fourth-order valence-corrected chi connectivity index (χ4v) is 2.30. The largest absolute Gasteiger partial charge is 0.308 e. The molecular formula is C16H16FNOS. The number of benzene rings is 2. The van der Waals surface area contributed by atoms with E-state index in [9.17, 15) is 9.18 Å². The summed E-state index contributed by atoms with van der Waals surface area (Å²) in [5.41, 5.74) is 2.32. The van der Waals surface area contributed by atoms with Crippen molar-refractivity contribution in [2.24, 2.45) is 0 Å². The molecule has 0 N–H and O–H groups in total. The van der Waals surface area contributed by atoms with Crippen molar-refractivity contribution in [2.45, 2.75) is 18.7 Å². The van der Waals surface area contributed by atoms with Gasteiger partial charge in [0.2, 0.25) is 0 Å². The fourth-order valence-electron chi connectivity index (χ4n) is 2.09. The van der Waals surface area contributed by atoms with Crippen LogP contribution in [-0.2, 0) is 0 Å². The number of para-hydroxylation sites is 1. The first kappa shape index (κ1) is 14.6. The highest BCUT2D eigenvalue weighted by molar-refractivity contribution is 7.80. The lowest BCUT2D eigenvalue weighted by molar-refractivity contribution is 0.0988. The van der Waals surface area contributed by atoms with Crippen LogP contribution in [0.4, 0.5) is 10.1 Å². The second-order valence-electron chi connectivity index (χ2n) is 4.50. The molecule has 0 fully saturated rings. The minimum Gasteiger partial charge on any atom is -0.308 e. The van der Waals surface area contributed by atoms with Crippen molar-refractivity contribution in [2.75, 3.05) is 11.4 Å². The minimum atomic E-state index is -0.427. The molecule has 1 amide bonds. The summed E-state index contributed by atoms with van der Waals surface area (Å²) in [5.74, 6) is -0.582. The van der Waals surface area contributed by atoms with Gasteiger partial charge in [0.05, 0.1) is 0 Å². The van der Waals surface area contributed by atoms with Gasteiger partial charge in [0.1, 0.15) is 5.82 Å². The highest BCUT2D eigenvalue weighted by Gasteiger charge is 2.18. The van der Waals surface area contributed by atoms with Crippen LogP contribution in [0.25, 0.3) is 0 Å². The van der Waals surface area contributed by atoms with Crippen LogP contribution in [0.3, 0.4) is 0 Å². The zero-order chi connectivity index (χ0) is 14.7. The zero-order valence-corrected chi connectivity index (χ0v) is 12.3. The van der Waals surface area contributed by atoms with Crippen molar-refractivity contribution in [3.8, 4) is 0 Å². The van der Waals surface area contributed by atoms with Gasteiger partial charge in [-0.2, -0.15) is 0 Å². The Morgan fingerprint density at radius 3 is 2.55 bits per heavy atom. The summed E-state index contributed by atoms with van der Waals surface area (Å²) in [6.45, 7) is 4.42. The van der Waals surface area contributed by atoms with Crippen LogP contribution in [-0.4, -0.2) is 12.5 Å². The van der Waals surface area contributed by atoms with Crippen LogP contribution in [0.5, 0.6) is 0 Å². The molecule has 2 aromatic rings. The summed E-state index contributed by atoms with van der Waals surface area (Å²) in [6, 6.07) is 11.9. The van der Waals surface area contributed by atoms with E-state index in [1.165, 1.54) is 18.2 Å². The Morgan fingerprint density at radius 1 is 1.25 bits per heavy atom. The normalized spacial score (nSPS) is 10.4. The average molecular weight is 289 g/mol. The van der Waals surface area contributed by atoms with E-state index in [2.05, 4.69) is 12.6 Å². The van der Waals surface area contributed by atoms with Crippen molar-refractivity contribution >= 4 is 24.2 Å². The number of thiol groups is 1. The molecule has 2 rings (SSSR count). The van der Waals surface area contributed by atoms with Crippen molar-refractivity contribution in [1.29, 1.82) is 0 Å². The lowest BCUT2D eigenvalue weighted by Gasteiger charge is -2.23. The number of amides is 1. The second kappa shape index (κ2) is 6.09. The van der Waals surface area contributed by atoms with Crippen LogP contribution in [0.2, 0.25) is 0 Å². The molecule has 0 aromatic heterocycles. The summed E-state index contributed by atoms with van der Waals surface area (Å²) < 4.78 is 13.2. The van der Waals surface area contributed by atoms with Crippen molar-refractivity contribution in [3.63, 3.8) is 0 Å². The predicted molar refractivity (Wildman–Crippen MR) is 82.2 cm³/mol. The standard InChI is InChI=1S/C16H16FNOS/c1-3-18(14-7-5-4-6-11(14)2)16(19)12-8-9-13(17)15(20)10-12/h4-10,20H,3H2,1-2H3. The van der Waals surface area contributed by atoms with E-state index in [0.717, 1.165) is 11.3 Å². The number of rotatable bonds is 3. The SMILES string of the molecule is CCN(C(=O)c1ccc(F)c(S)c1)c1ccccc1C. The number of aryl methyl sites for hydroxylation is 1. The maximum absolute atomic E-state index is 13.2. The van der Waals surface area contributed by atoms with Crippen molar-refractivity contribution in [3.05, 3.63) is 59.4 Å². The number of hydrogen-bond acceptors (Lipinski definition) is 2. The number of nitrogens with zero attached hydrogens (tertiary/aromatic N) is 1. The van der Waals surface area contributed by atoms with E-state index >= 15 is 0 Å². The van der Waals surface area contributed by atoms with Gasteiger partial charge in [0.25, 0.3) is 5.91 Å². The van der Waals surface area contributed by atoms with Gasteiger partial charge in [-0.05, 0) is 43.7 Å². The molecule has 0 radical (unpaired) electrons. The highest BCUT2D eigenvalue weighted by atomic mass is 32.1. The quantitative estimate of drug-likeness (QED) is 0.844. The summed E-state index contributed by atoms with van der Waals surface area (Å²) in [5, 5.41) is 0. The molecule has 0 saturated carbocycles. The minimum absolute atomic E-state index is 0.155. The molecule has 0 bridgehead atoms. The molecule has 4 heteroatoms. The van der Waals surface area contributed by atoms with Gasteiger partial charge in [0.15, 0.2) is 0 Å². The first-order valence-electron chi connectivity index (χ1n) is 6.40. The number of carbonyl (C=O) groups is 1. The van der Waals surface area contributed by atoms with Gasteiger partial charge in [-0.3, -0.25) is 4.79 Å². The number of anilines is 1. The lowest BCUT2D eigenvalue weighted by Crippen LogP contribution is -2.31. The number of halogens is 1. The average Bonchev–Trinajstić information content (AvgIpc) is 2.44. The van der Waals surface area contributed by atoms with E-state index in [0.29, 0.717) is 12.1 Å². The van der Waals surface area contributed by atoms with E-state index in [1.807, 2.05) is 38.1 Å². The molecule has 0 aliphatic carbocycles. The number of carbonyl (C=O) groups excluding carboxylic acids is 1. The third kappa shape index (κ3) is 2.85. The smallest absolute Gasteiger partial charge is 0.258 e. The Kier molecular flexibility index (Phi) is 4.45. The van der Waals surface area contributed by atoms with E-state index in [1.54, 1.807) is 4.90 Å². The van der Waals surface area contributed by atoms with Gasteiger partial charge in [0, 0.05) is 22.7 Å². The molecule has 0 spiro atoms. The van der Waals surface area contributed by atoms with Gasteiger partial charge in [-0.25, -0.2) is 4.39 Å². The lowest BCUT2D eigenvalue weighted by atomic mass is 10.1. The summed E-state index contributed by atoms with van der Waals surface area (Å²) >= 11 is 4.02. The Bertz CT molecular complexity index is 642. The third-order valence-electron chi connectivity index (χ3n) is 3.16. The summed E-state index contributed by atoms with van der Waals surface area (Å²) in [4.78, 5) is 14.4. The fraction of sp³-hybridized carbons (Fsp3) is 0.188. The maximum Gasteiger partial charge on any atom is 0.258 e. The molecule has 2 aromatic carbocycles. The molecule has 0 aliphatic rings. The van der Waals surface area contributed by atoms with Crippen LogP contribution < -0.4 is 4.90 Å². The van der Waals surface area contributed by atoms with Gasteiger partial charge < -0.3 is 4.90 Å². The Morgan fingerprint density at radius 2 is 1.95 bits per heavy atom. The van der Waals surface area contributed by atoms with E-state index < -0.39 is 5.82 Å². The van der Waals surface area contributed by atoms with E-state index in [-0.39, 0.29) is 10.8 Å². The van der Waals surface area contributed by atoms with Gasteiger partial charge in [-0.15, -0.1) is 12.6 Å². The molecule has 0 atom stereocenters. The monoisotopic (exact) mass is 289 g/mol. The molecule has 104 valence electrons. The van der Waals surface area contributed by atoms with Gasteiger partial charge >= 0.3 is 0 Å². The number of hydrogen-bond donors (Lipinski definition) is 1. The van der Waals surface area contributed by atoms with Crippen LogP contribution >= 0.6 is 12.6 Å². The second-order valence-corrected chi connectivity index (χ2v) is 4.98. The van der Waals surface area contributed by atoms with Crippen LogP contribution in [0.1, 0.15) is 22.8 Å². The summed E-state index contributed by atoms with van der Waals surface area (Å²) in [6.07, 6.45) is 0. The maximum atomic E-state index is 13.2. The van der Waals surface area contributed by atoms with Crippen LogP contribution in [0, 0.1) is 12.7 Å². The topological polar surface area (TPSA) is 20.3 Å². The molecular weight excluding hydrogens is 273 g/mol. The third-order valence-corrected chi connectivity index (χ3v) is 3.50. The van der Waals surface area contributed by atoms with Gasteiger partial charge in [-0.1, -0.05) is 18.2 Å². The van der Waals surface area contributed by atoms with Crippen LogP contribution in [0.15, 0.2) is 47.4 Å². The summed E-state index contributed by atoms with van der Waals surface area (Å²) in [7, 11) is 0. The molecule has 0 heterocycles. The Balaban J connectivity index is 2.39. The van der Waals surface area contributed by atoms with E-state index in [4.69, 9.17) is 0 Å². The van der Waals surface area contributed by atoms with Crippen molar-refractivity contribution in [1.82, 2.24) is 0 Å². The first-order chi connectivity index (χ1) is 9.54. The highest BCUT2D eigenvalue weighted by Crippen LogP contribution is 2.23. The molecule has 0 saturated heterocycles. The zero-order valence-electron chi connectivity index (χ0n) is 11.4. The molecule has 0 unspecified atom stereocenters. The molecule has 20 heavy (non-hydrogen) atoms. The van der Waals surface area contributed by atoms with Crippen molar-refractivity contribution < 1.29 is 9.18 Å². The predicted octanol–water partition coefficient (Wildman–Crippen LogP) is 4.09.